The number of anilines is 1. The summed E-state index contributed by atoms with van der Waals surface area (Å²) in [6.07, 6.45) is 5.48. The van der Waals surface area contributed by atoms with Crippen molar-refractivity contribution in [2.75, 3.05) is 18.4 Å². The van der Waals surface area contributed by atoms with E-state index in [1.807, 2.05) is 24.6 Å². The number of nitrogens with one attached hydrogen (secondary N) is 1. The van der Waals surface area contributed by atoms with Gasteiger partial charge >= 0.3 is 0 Å². The Morgan fingerprint density at radius 3 is 2.78 bits per heavy atom. The van der Waals surface area contributed by atoms with Crippen LogP contribution in [0.25, 0.3) is 0 Å². The van der Waals surface area contributed by atoms with E-state index in [9.17, 15) is 4.79 Å². The summed E-state index contributed by atoms with van der Waals surface area (Å²) in [5, 5.41) is 7.10. The molecule has 1 fully saturated rings. The summed E-state index contributed by atoms with van der Waals surface area (Å²) in [7, 11) is 0. The Hall–Kier alpha value is -2.08. The molecule has 0 aromatic carbocycles. The summed E-state index contributed by atoms with van der Waals surface area (Å²) in [5.74, 6) is 0.965. The Balaban J connectivity index is 1.62. The van der Waals surface area contributed by atoms with Crippen LogP contribution < -0.4 is 5.32 Å². The molecular formula is C17H24N4O2. The molecule has 1 amide bonds. The van der Waals surface area contributed by atoms with Crippen molar-refractivity contribution in [3.05, 3.63) is 35.5 Å². The largest absolute Gasteiger partial charge is 0.455 e. The Morgan fingerprint density at radius 1 is 1.30 bits per heavy atom. The molecule has 1 aliphatic rings. The van der Waals surface area contributed by atoms with Gasteiger partial charge in [-0.3, -0.25) is 14.4 Å². The van der Waals surface area contributed by atoms with Crippen molar-refractivity contribution in [2.24, 2.45) is 0 Å². The molecule has 6 heteroatoms. The molecule has 2 aromatic heterocycles. The van der Waals surface area contributed by atoms with Crippen molar-refractivity contribution in [1.82, 2.24) is 14.7 Å². The summed E-state index contributed by atoms with van der Waals surface area (Å²) in [6, 6.07) is 3.64. The number of nitrogens with zero attached hydrogens (tertiary/aromatic N) is 3. The van der Waals surface area contributed by atoms with E-state index >= 15 is 0 Å². The first-order valence-corrected chi connectivity index (χ1v) is 8.32. The molecule has 1 N–H and O–H groups in total. The second-order valence-corrected chi connectivity index (χ2v) is 6.02. The van der Waals surface area contributed by atoms with Gasteiger partial charge in [-0.25, -0.2) is 0 Å². The average Bonchev–Trinajstić information content (AvgIpc) is 3.16. The lowest BCUT2D eigenvalue weighted by Gasteiger charge is -2.25. The SMILES string of the molecule is CCn1ncc(NC(=O)c2ccc(CN3CCCCC3)o2)c1C. The number of carbonyl (C=O) groups is 1. The normalized spacial score (nSPS) is 15.7. The van der Waals surface area contributed by atoms with Crippen molar-refractivity contribution in [1.29, 1.82) is 0 Å². The monoisotopic (exact) mass is 316 g/mol. The molecule has 0 aliphatic carbocycles. The zero-order valence-corrected chi connectivity index (χ0v) is 13.8. The van der Waals surface area contributed by atoms with Crippen LogP contribution in [-0.4, -0.2) is 33.7 Å². The molecule has 1 saturated heterocycles. The molecule has 0 radical (unpaired) electrons. The number of hydrogen-bond donors (Lipinski definition) is 1. The summed E-state index contributed by atoms with van der Waals surface area (Å²) >= 11 is 0. The molecule has 0 saturated carbocycles. The highest BCUT2D eigenvalue weighted by Gasteiger charge is 2.16. The average molecular weight is 316 g/mol. The summed E-state index contributed by atoms with van der Waals surface area (Å²) in [5.41, 5.74) is 1.67. The summed E-state index contributed by atoms with van der Waals surface area (Å²) < 4.78 is 7.56. The van der Waals surface area contributed by atoms with Gasteiger partial charge in [-0.15, -0.1) is 0 Å². The second-order valence-electron chi connectivity index (χ2n) is 6.02. The molecule has 2 aromatic rings. The smallest absolute Gasteiger partial charge is 0.291 e. The van der Waals surface area contributed by atoms with E-state index in [1.54, 1.807) is 12.3 Å². The van der Waals surface area contributed by atoms with Crippen LogP contribution in [-0.2, 0) is 13.1 Å². The number of carbonyl (C=O) groups excluding carboxylic acids is 1. The summed E-state index contributed by atoms with van der Waals surface area (Å²) in [6.45, 7) is 7.73. The number of hydrogen-bond acceptors (Lipinski definition) is 4. The first kappa shape index (κ1) is 15.8. The lowest BCUT2D eigenvalue weighted by atomic mass is 10.1. The fourth-order valence-corrected chi connectivity index (χ4v) is 2.99. The van der Waals surface area contributed by atoms with Crippen molar-refractivity contribution in [3.8, 4) is 0 Å². The molecule has 6 nitrogen and oxygen atoms in total. The number of furan rings is 1. The van der Waals surface area contributed by atoms with Gasteiger partial charge in [-0.1, -0.05) is 6.42 Å². The van der Waals surface area contributed by atoms with Gasteiger partial charge in [0.1, 0.15) is 5.76 Å². The predicted octanol–water partition coefficient (Wildman–Crippen LogP) is 3.04. The maximum absolute atomic E-state index is 12.3. The minimum atomic E-state index is -0.228. The number of rotatable bonds is 5. The van der Waals surface area contributed by atoms with E-state index in [1.165, 1.54) is 19.3 Å². The third-order valence-electron chi connectivity index (χ3n) is 4.36. The van der Waals surface area contributed by atoms with E-state index < -0.39 is 0 Å². The molecule has 0 bridgehead atoms. The van der Waals surface area contributed by atoms with Crippen LogP contribution in [0, 0.1) is 6.92 Å². The number of piperidine rings is 1. The van der Waals surface area contributed by atoms with Crippen LogP contribution in [0.2, 0.25) is 0 Å². The predicted molar refractivity (Wildman–Crippen MR) is 88.4 cm³/mol. The molecule has 23 heavy (non-hydrogen) atoms. The van der Waals surface area contributed by atoms with E-state index in [-0.39, 0.29) is 5.91 Å². The van der Waals surface area contributed by atoms with Gasteiger partial charge in [-0.2, -0.15) is 5.10 Å². The minimum absolute atomic E-state index is 0.228. The fourth-order valence-electron chi connectivity index (χ4n) is 2.99. The van der Waals surface area contributed by atoms with Gasteiger partial charge < -0.3 is 9.73 Å². The Bertz CT molecular complexity index is 668. The van der Waals surface area contributed by atoms with Crippen molar-refractivity contribution >= 4 is 11.6 Å². The van der Waals surface area contributed by atoms with E-state index in [0.29, 0.717) is 5.76 Å². The third kappa shape index (κ3) is 3.64. The van der Waals surface area contributed by atoms with Crippen LogP contribution in [0.15, 0.2) is 22.7 Å². The molecule has 124 valence electrons. The number of amides is 1. The zero-order chi connectivity index (χ0) is 16.2. The zero-order valence-electron chi connectivity index (χ0n) is 13.8. The van der Waals surface area contributed by atoms with Crippen LogP contribution in [0.4, 0.5) is 5.69 Å². The van der Waals surface area contributed by atoms with Gasteiger partial charge in [-0.05, 0) is 51.9 Å². The highest BCUT2D eigenvalue weighted by Crippen LogP contribution is 2.18. The number of likely N-dealkylation sites (tertiary alicyclic amines) is 1. The van der Waals surface area contributed by atoms with Gasteiger partial charge in [0.05, 0.1) is 24.1 Å². The molecular weight excluding hydrogens is 292 g/mol. The maximum Gasteiger partial charge on any atom is 0.291 e. The van der Waals surface area contributed by atoms with Crippen molar-refractivity contribution in [3.63, 3.8) is 0 Å². The van der Waals surface area contributed by atoms with E-state index in [2.05, 4.69) is 15.3 Å². The number of aromatic nitrogens is 2. The molecule has 1 aliphatic heterocycles. The van der Waals surface area contributed by atoms with Crippen LogP contribution in [0.3, 0.4) is 0 Å². The lowest BCUT2D eigenvalue weighted by Crippen LogP contribution is -2.28. The van der Waals surface area contributed by atoms with Crippen molar-refractivity contribution < 1.29 is 9.21 Å². The van der Waals surface area contributed by atoms with Gasteiger partial charge in [0.25, 0.3) is 5.91 Å². The minimum Gasteiger partial charge on any atom is -0.455 e. The lowest BCUT2D eigenvalue weighted by molar-refractivity contribution is 0.0992. The van der Waals surface area contributed by atoms with Gasteiger partial charge in [0.15, 0.2) is 5.76 Å². The third-order valence-corrected chi connectivity index (χ3v) is 4.36. The summed E-state index contributed by atoms with van der Waals surface area (Å²) in [4.78, 5) is 14.7. The number of aryl methyl sites for hydroxylation is 1. The Morgan fingerprint density at radius 2 is 2.09 bits per heavy atom. The standard InChI is InChI=1S/C17H24N4O2/c1-3-21-13(2)15(11-18-21)19-17(22)16-8-7-14(23-16)12-20-9-5-4-6-10-20/h7-8,11H,3-6,9-10,12H2,1-2H3,(H,19,22). The molecule has 0 unspecified atom stereocenters. The van der Waals surface area contributed by atoms with Gasteiger partial charge in [0, 0.05) is 6.54 Å². The molecule has 3 heterocycles. The topological polar surface area (TPSA) is 63.3 Å². The second kappa shape index (κ2) is 7.00. The highest BCUT2D eigenvalue weighted by atomic mass is 16.4. The van der Waals surface area contributed by atoms with E-state index in [4.69, 9.17) is 4.42 Å². The van der Waals surface area contributed by atoms with Gasteiger partial charge in [0.2, 0.25) is 0 Å². The van der Waals surface area contributed by atoms with Crippen LogP contribution in [0.1, 0.15) is 48.2 Å². The fraction of sp³-hybridized carbons (Fsp3) is 0.529. The maximum atomic E-state index is 12.3. The highest BCUT2D eigenvalue weighted by molar-refractivity contribution is 6.02. The van der Waals surface area contributed by atoms with Crippen LogP contribution in [0.5, 0.6) is 0 Å². The quantitative estimate of drug-likeness (QED) is 0.921. The molecule has 0 atom stereocenters. The van der Waals surface area contributed by atoms with Crippen LogP contribution >= 0.6 is 0 Å². The molecule has 3 rings (SSSR count). The Kier molecular flexibility index (Phi) is 4.81. The van der Waals surface area contributed by atoms with E-state index in [0.717, 1.165) is 43.3 Å². The first-order valence-electron chi connectivity index (χ1n) is 8.32. The molecule has 0 spiro atoms. The Labute approximate surface area is 136 Å². The first-order chi connectivity index (χ1) is 11.2. The van der Waals surface area contributed by atoms with Crippen molar-refractivity contribution in [2.45, 2.75) is 46.2 Å².